The maximum Gasteiger partial charge on any atom is 0.308 e. The van der Waals surface area contributed by atoms with Gasteiger partial charge >= 0.3 is 5.97 Å². The van der Waals surface area contributed by atoms with Gasteiger partial charge in [0.15, 0.2) is 5.75 Å². The Bertz CT molecular complexity index is 1050. The van der Waals surface area contributed by atoms with Crippen LogP contribution in [0.5, 0.6) is 5.75 Å². The normalized spacial score (nSPS) is 10.6. The van der Waals surface area contributed by atoms with Crippen LogP contribution in [0.15, 0.2) is 59.4 Å². The Morgan fingerprint density at radius 2 is 1.62 bits per heavy atom. The zero-order valence-electron chi connectivity index (χ0n) is 14.7. The second kappa shape index (κ2) is 6.84. The van der Waals surface area contributed by atoms with Crippen LogP contribution in [0.25, 0.3) is 10.9 Å². The number of amides is 1. The van der Waals surface area contributed by atoms with Gasteiger partial charge in [-0.05, 0) is 24.3 Å². The van der Waals surface area contributed by atoms with Crippen molar-refractivity contribution in [1.82, 2.24) is 4.57 Å². The molecule has 3 rings (SSSR count). The third-order valence-electron chi connectivity index (χ3n) is 4.16. The van der Waals surface area contributed by atoms with Crippen molar-refractivity contribution >= 4 is 28.5 Å². The van der Waals surface area contributed by atoms with Gasteiger partial charge in [-0.3, -0.25) is 14.4 Å². The van der Waals surface area contributed by atoms with E-state index < -0.39 is 17.4 Å². The minimum Gasteiger partial charge on any atom is -0.425 e. The van der Waals surface area contributed by atoms with E-state index in [1.807, 2.05) is 6.07 Å². The van der Waals surface area contributed by atoms with Gasteiger partial charge in [-0.25, -0.2) is 0 Å². The highest BCUT2D eigenvalue weighted by Gasteiger charge is 2.26. The molecule has 3 aromatic rings. The SMILES string of the molecule is CC(=O)Oc1c(C(=O)N(C)c2ccccc2)c(=O)n(C)c2ccccc12. The fraction of sp³-hybridized carbons (Fsp3) is 0.150. The number of aromatic nitrogens is 1. The van der Waals surface area contributed by atoms with Crippen molar-refractivity contribution in [3.05, 3.63) is 70.5 Å². The molecule has 26 heavy (non-hydrogen) atoms. The van der Waals surface area contributed by atoms with Crippen LogP contribution in [-0.2, 0) is 11.8 Å². The molecule has 0 fully saturated rings. The van der Waals surface area contributed by atoms with Crippen LogP contribution in [0, 0.1) is 0 Å². The molecule has 6 heteroatoms. The quantitative estimate of drug-likeness (QED) is 0.681. The molecule has 0 aliphatic carbocycles. The lowest BCUT2D eigenvalue weighted by atomic mass is 10.1. The van der Waals surface area contributed by atoms with Gasteiger partial charge in [0.05, 0.1) is 5.52 Å². The minimum atomic E-state index is -0.597. The predicted octanol–water partition coefficient (Wildman–Crippen LogP) is 2.74. The van der Waals surface area contributed by atoms with Crippen LogP contribution in [0.4, 0.5) is 5.69 Å². The molecule has 0 radical (unpaired) electrons. The summed E-state index contributed by atoms with van der Waals surface area (Å²) in [6, 6.07) is 15.9. The molecule has 0 aliphatic heterocycles. The number of fused-ring (bicyclic) bond motifs is 1. The number of anilines is 1. The highest BCUT2D eigenvalue weighted by Crippen LogP contribution is 2.29. The summed E-state index contributed by atoms with van der Waals surface area (Å²) in [6.45, 7) is 1.24. The molecular weight excluding hydrogens is 332 g/mol. The molecule has 0 aliphatic rings. The number of rotatable bonds is 3. The molecule has 0 atom stereocenters. The molecule has 132 valence electrons. The molecule has 1 aromatic heterocycles. The van der Waals surface area contributed by atoms with Crippen molar-refractivity contribution in [2.24, 2.45) is 7.05 Å². The molecule has 0 spiro atoms. The van der Waals surface area contributed by atoms with E-state index in [1.165, 1.54) is 16.4 Å². The van der Waals surface area contributed by atoms with Crippen LogP contribution in [0.3, 0.4) is 0 Å². The molecule has 1 amide bonds. The highest BCUT2D eigenvalue weighted by atomic mass is 16.5. The van der Waals surface area contributed by atoms with Crippen molar-refractivity contribution in [1.29, 1.82) is 0 Å². The Balaban J connectivity index is 2.27. The average Bonchev–Trinajstić information content (AvgIpc) is 2.65. The number of aryl methyl sites for hydroxylation is 1. The first-order chi connectivity index (χ1) is 12.4. The summed E-state index contributed by atoms with van der Waals surface area (Å²) in [5.41, 5.74) is 0.509. The van der Waals surface area contributed by atoms with E-state index in [4.69, 9.17) is 4.74 Å². The molecule has 0 bridgehead atoms. The molecule has 0 unspecified atom stereocenters. The van der Waals surface area contributed by atoms with Crippen molar-refractivity contribution in [2.75, 3.05) is 11.9 Å². The first-order valence-corrected chi connectivity index (χ1v) is 8.05. The number of carbonyl (C=O) groups excluding carboxylic acids is 2. The van der Waals surface area contributed by atoms with E-state index in [2.05, 4.69) is 0 Å². The molecule has 2 aromatic carbocycles. The number of nitrogens with zero attached hydrogens (tertiary/aromatic N) is 2. The van der Waals surface area contributed by atoms with E-state index in [-0.39, 0.29) is 11.3 Å². The first-order valence-electron chi connectivity index (χ1n) is 8.05. The minimum absolute atomic E-state index is 0.0102. The zero-order chi connectivity index (χ0) is 18.8. The fourth-order valence-electron chi connectivity index (χ4n) is 2.84. The maximum atomic E-state index is 13.1. The monoisotopic (exact) mass is 350 g/mol. The molecule has 6 nitrogen and oxygen atoms in total. The van der Waals surface area contributed by atoms with Crippen LogP contribution in [-0.4, -0.2) is 23.5 Å². The number of para-hydroxylation sites is 2. The van der Waals surface area contributed by atoms with E-state index in [0.29, 0.717) is 16.6 Å². The van der Waals surface area contributed by atoms with Crippen LogP contribution >= 0.6 is 0 Å². The predicted molar refractivity (Wildman–Crippen MR) is 99.7 cm³/mol. The Hall–Kier alpha value is -3.41. The van der Waals surface area contributed by atoms with Gasteiger partial charge in [0, 0.05) is 32.1 Å². The van der Waals surface area contributed by atoms with Gasteiger partial charge in [-0.2, -0.15) is 0 Å². The fourth-order valence-corrected chi connectivity index (χ4v) is 2.84. The summed E-state index contributed by atoms with van der Waals surface area (Å²) in [5, 5.41) is 0.523. The molecule has 0 N–H and O–H groups in total. The Morgan fingerprint density at radius 3 is 2.27 bits per heavy atom. The molecular formula is C20H18N2O4. The summed E-state index contributed by atoms with van der Waals surface area (Å²) in [6.07, 6.45) is 0. The van der Waals surface area contributed by atoms with Crippen molar-refractivity contribution in [2.45, 2.75) is 6.92 Å². The number of benzene rings is 2. The maximum absolute atomic E-state index is 13.1. The molecule has 0 saturated heterocycles. The number of ether oxygens (including phenoxy) is 1. The third kappa shape index (κ3) is 2.97. The van der Waals surface area contributed by atoms with Crippen LogP contribution in [0.1, 0.15) is 17.3 Å². The average molecular weight is 350 g/mol. The van der Waals surface area contributed by atoms with Gasteiger partial charge in [0.2, 0.25) is 0 Å². The van der Waals surface area contributed by atoms with Gasteiger partial charge in [-0.15, -0.1) is 0 Å². The van der Waals surface area contributed by atoms with Crippen molar-refractivity contribution in [3.63, 3.8) is 0 Å². The summed E-state index contributed by atoms with van der Waals surface area (Å²) in [7, 11) is 3.16. The van der Waals surface area contributed by atoms with E-state index in [1.54, 1.807) is 62.6 Å². The van der Waals surface area contributed by atoms with Crippen molar-refractivity contribution in [3.8, 4) is 5.75 Å². The van der Waals surface area contributed by atoms with E-state index in [9.17, 15) is 14.4 Å². The largest absolute Gasteiger partial charge is 0.425 e. The molecule has 1 heterocycles. The second-order valence-electron chi connectivity index (χ2n) is 5.88. The van der Waals surface area contributed by atoms with Gasteiger partial charge in [-0.1, -0.05) is 30.3 Å². The van der Waals surface area contributed by atoms with Gasteiger partial charge < -0.3 is 14.2 Å². The van der Waals surface area contributed by atoms with Gasteiger partial charge in [0.1, 0.15) is 5.56 Å². The number of hydrogen-bond acceptors (Lipinski definition) is 4. The van der Waals surface area contributed by atoms with Crippen molar-refractivity contribution < 1.29 is 14.3 Å². The Labute approximate surface area is 150 Å². The van der Waals surface area contributed by atoms with Crippen LogP contribution in [0.2, 0.25) is 0 Å². The van der Waals surface area contributed by atoms with Gasteiger partial charge in [0.25, 0.3) is 11.5 Å². The summed E-state index contributed by atoms with van der Waals surface area (Å²) in [5.74, 6) is -1.15. The highest BCUT2D eigenvalue weighted by molar-refractivity contribution is 6.10. The molecule has 0 saturated carbocycles. The number of pyridine rings is 1. The number of esters is 1. The summed E-state index contributed by atoms with van der Waals surface area (Å²) < 4.78 is 6.69. The lowest BCUT2D eigenvalue weighted by molar-refractivity contribution is -0.131. The lowest BCUT2D eigenvalue weighted by Gasteiger charge is -2.20. The topological polar surface area (TPSA) is 68.6 Å². The van der Waals surface area contributed by atoms with E-state index in [0.717, 1.165) is 0 Å². The van der Waals surface area contributed by atoms with E-state index >= 15 is 0 Å². The summed E-state index contributed by atoms with van der Waals surface area (Å²) in [4.78, 5) is 38.9. The smallest absolute Gasteiger partial charge is 0.308 e. The standard InChI is InChI=1S/C20H18N2O4/c1-13(23)26-18-15-11-7-8-12-16(15)22(3)20(25)17(18)19(24)21(2)14-9-5-4-6-10-14/h4-12H,1-3H3. The third-order valence-corrected chi connectivity index (χ3v) is 4.16. The second-order valence-corrected chi connectivity index (χ2v) is 5.88. The lowest BCUT2D eigenvalue weighted by Crippen LogP contribution is -2.35. The Kier molecular flexibility index (Phi) is 4.58. The number of hydrogen-bond donors (Lipinski definition) is 0. The van der Waals surface area contributed by atoms with Crippen LogP contribution < -0.4 is 15.2 Å². The Morgan fingerprint density at radius 1 is 1.00 bits per heavy atom. The first kappa shape index (κ1) is 17.4. The summed E-state index contributed by atoms with van der Waals surface area (Å²) >= 11 is 0. The number of carbonyl (C=O) groups is 2. The zero-order valence-corrected chi connectivity index (χ0v) is 14.7.